The predicted molar refractivity (Wildman–Crippen MR) is 108 cm³/mol. The van der Waals surface area contributed by atoms with Crippen LogP contribution in [-0.2, 0) is 9.47 Å². The van der Waals surface area contributed by atoms with Gasteiger partial charge in [-0.1, -0.05) is 0 Å². The van der Waals surface area contributed by atoms with Crippen LogP contribution in [0, 0.1) is 0 Å². The Morgan fingerprint density at radius 2 is 2.21 bits per heavy atom. The van der Waals surface area contributed by atoms with Crippen LogP contribution in [0.1, 0.15) is 6.42 Å². The molecule has 29 heavy (non-hydrogen) atoms. The number of rotatable bonds is 5. The van der Waals surface area contributed by atoms with Crippen LogP contribution >= 0.6 is 0 Å². The van der Waals surface area contributed by atoms with Crippen molar-refractivity contribution in [3.63, 3.8) is 0 Å². The second kappa shape index (κ2) is 7.34. The molecule has 9 nitrogen and oxygen atoms in total. The van der Waals surface area contributed by atoms with Gasteiger partial charge in [0.25, 0.3) is 0 Å². The van der Waals surface area contributed by atoms with E-state index in [4.69, 9.17) is 14.2 Å². The molecule has 0 bridgehead atoms. The van der Waals surface area contributed by atoms with Crippen molar-refractivity contribution >= 4 is 22.5 Å². The number of nitrogens with one attached hydrogen (secondary N) is 2. The molecule has 0 aromatic carbocycles. The third kappa shape index (κ3) is 3.18. The molecule has 5 heterocycles. The van der Waals surface area contributed by atoms with E-state index in [-0.39, 0.29) is 12.1 Å². The Morgan fingerprint density at radius 3 is 3.07 bits per heavy atom. The summed E-state index contributed by atoms with van der Waals surface area (Å²) in [6, 6.07) is 6.13. The lowest BCUT2D eigenvalue weighted by atomic mass is 10.1. The largest absolute Gasteiger partial charge is 0.480 e. The molecule has 4 aromatic heterocycles. The molecule has 4 aromatic rings. The lowest BCUT2D eigenvalue weighted by Gasteiger charge is -2.31. The highest BCUT2D eigenvalue weighted by Crippen LogP contribution is 2.34. The molecular formula is C20H22N6O3. The van der Waals surface area contributed by atoms with Crippen molar-refractivity contribution in [1.29, 1.82) is 0 Å². The van der Waals surface area contributed by atoms with Gasteiger partial charge in [0.05, 0.1) is 30.7 Å². The number of pyridine rings is 1. The molecule has 5 rings (SSSR count). The zero-order valence-electron chi connectivity index (χ0n) is 16.3. The van der Waals surface area contributed by atoms with Crippen LogP contribution in [0.2, 0.25) is 0 Å². The first-order valence-corrected chi connectivity index (χ1v) is 9.51. The van der Waals surface area contributed by atoms with Crippen LogP contribution in [0.3, 0.4) is 0 Å². The van der Waals surface area contributed by atoms with Crippen molar-refractivity contribution in [1.82, 2.24) is 24.6 Å². The van der Waals surface area contributed by atoms with Gasteiger partial charge in [-0.25, -0.2) is 4.52 Å². The van der Waals surface area contributed by atoms with Crippen molar-refractivity contribution in [2.24, 2.45) is 0 Å². The van der Waals surface area contributed by atoms with Crippen LogP contribution in [0.25, 0.3) is 27.7 Å². The van der Waals surface area contributed by atoms with E-state index in [1.165, 1.54) is 0 Å². The highest BCUT2D eigenvalue weighted by Gasteiger charge is 2.27. The lowest BCUT2D eigenvalue weighted by molar-refractivity contribution is -0.0367. The maximum absolute atomic E-state index is 5.62. The molecule has 0 saturated carbocycles. The van der Waals surface area contributed by atoms with Gasteiger partial charge >= 0.3 is 0 Å². The average molecular weight is 394 g/mol. The molecule has 0 radical (unpaired) electrons. The number of anilines is 1. The molecule has 0 unspecified atom stereocenters. The molecule has 1 fully saturated rings. The molecule has 1 aliphatic heterocycles. The predicted octanol–water partition coefficient (Wildman–Crippen LogP) is 2.50. The Labute approximate surface area is 167 Å². The summed E-state index contributed by atoms with van der Waals surface area (Å²) in [4.78, 5) is 12.5. The van der Waals surface area contributed by atoms with Crippen molar-refractivity contribution in [2.45, 2.75) is 18.6 Å². The summed E-state index contributed by atoms with van der Waals surface area (Å²) in [7, 11) is 3.31. The summed E-state index contributed by atoms with van der Waals surface area (Å²) in [5.41, 5.74) is 3.74. The number of H-pyrrole nitrogens is 1. The number of nitrogens with zero attached hydrogens (tertiary/aromatic N) is 4. The Bertz CT molecular complexity index is 1150. The Kier molecular flexibility index (Phi) is 4.53. The maximum atomic E-state index is 5.62. The fourth-order valence-corrected chi connectivity index (χ4v) is 3.80. The van der Waals surface area contributed by atoms with Gasteiger partial charge in [0.2, 0.25) is 11.8 Å². The monoisotopic (exact) mass is 394 g/mol. The maximum Gasteiger partial charge on any atom is 0.228 e. The molecule has 0 amide bonds. The van der Waals surface area contributed by atoms with Crippen LogP contribution in [0.5, 0.6) is 5.88 Å². The third-order valence-electron chi connectivity index (χ3n) is 5.32. The lowest BCUT2D eigenvalue weighted by Crippen LogP contribution is -2.43. The second-order valence-electron chi connectivity index (χ2n) is 6.99. The summed E-state index contributed by atoms with van der Waals surface area (Å²) in [5.74, 6) is 1.02. The van der Waals surface area contributed by atoms with E-state index in [0.717, 1.165) is 28.5 Å². The molecule has 0 aliphatic carbocycles. The van der Waals surface area contributed by atoms with Gasteiger partial charge in [-0.15, -0.1) is 0 Å². The van der Waals surface area contributed by atoms with Crippen LogP contribution in [0.4, 0.5) is 5.95 Å². The van der Waals surface area contributed by atoms with E-state index in [2.05, 4.69) is 31.4 Å². The first-order valence-electron chi connectivity index (χ1n) is 9.51. The SMILES string of the molecule is COc1nc(N[C@@H]2CCOC[C@H]2OC)nc2[nH]cc(-c3ccn4nccc4c3)c12. The summed E-state index contributed by atoms with van der Waals surface area (Å²) in [6.45, 7) is 1.23. The van der Waals surface area contributed by atoms with Crippen molar-refractivity contribution in [2.75, 3.05) is 32.8 Å². The average Bonchev–Trinajstić information content (AvgIpc) is 3.39. The standard InChI is InChI=1S/C20H22N6O3/c1-27-16-11-29-8-5-15(16)23-20-24-18-17(19(25-20)28-2)14(10-21-18)12-4-7-26-13(9-12)3-6-22-26/h3-4,6-7,9-10,15-16H,5,8,11H2,1-2H3,(H2,21,23,24,25)/t15-,16-/m1/s1. The minimum atomic E-state index is -0.0457. The Balaban J connectivity index is 1.53. The van der Waals surface area contributed by atoms with Crippen LogP contribution in [0.15, 0.2) is 36.8 Å². The van der Waals surface area contributed by atoms with Gasteiger partial charge in [0.15, 0.2) is 0 Å². The van der Waals surface area contributed by atoms with Gasteiger partial charge in [-0.3, -0.25) is 0 Å². The topological polar surface area (TPSA) is 98.6 Å². The van der Waals surface area contributed by atoms with Gasteiger partial charge in [0, 0.05) is 37.9 Å². The molecular weight excluding hydrogens is 372 g/mol. The number of aromatic amines is 1. The summed E-state index contributed by atoms with van der Waals surface area (Å²) in [5, 5.41) is 8.47. The van der Waals surface area contributed by atoms with Gasteiger partial charge in [-0.05, 0) is 30.2 Å². The molecule has 2 atom stereocenters. The first kappa shape index (κ1) is 17.9. The number of fused-ring (bicyclic) bond motifs is 2. The number of ether oxygens (including phenoxy) is 3. The number of hydrogen-bond donors (Lipinski definition) is 2. The van der Waals surface area contributed by atoms with E-state index in [9.17, 15) is 0 Å². The van der Waals surface area contributed by atoms with E-state index in [1.54, 1.807) is 20.4 Å². The molecule has 1 saturated heterocycles. The summed E-state index contributed by atoms with van der Waals surface area (Å²) >= 11 is 0. The second-order valence-corrected chi connectivity index (χ2v) is 6.99. The zero-order valence-corrected chi connectivity index (χ0v) is 16.3. The number of methoxy groups -OCH3 is 2. The van der Waals surface area contributed by atoms with Gasteiger partial charge < -0.3 is 24.5 Å². The highest BCUT2D eigenvalue weighted by molar-refractivity contribution is 5.98. The van der Waals surface area contributed by atoms with E-state index in [1.807, 2.05) is 29.0 Å². The molecule has 150 valence electrons. The minimum Gasteiger partial charge on any atom is -0.480 e. The van der Waals surface area contributed by atoms with Crippen molar-refractivity contribution in [3.8, 4) is 17.0 Å². The van der Waals surface area contributed by atoms with Crippen LogP contribution < -0.4 is 10.1 Å². The minimum absolute atomic E-state index is 0.0457. The highest BCUT2D eigenvalue weighted by atomic mass is 16.5. The molecule has 1 aliphatic rings. The van der Waals surface area contributed by atoms with Gasteiger partial charge in [-0.2, -0.15) is 15.1 Å². The zero-order chi connectivity index (χ0) is 19.8. The Morgan fingerprint density at radius 1 is 1.28 bits per heavy atom. The van der Waals surface area contributed by atoms with E-state index >= 15 is 0 Å². The third-order valence-corrected chi connectivity index (χ3v) is 5.32. The van der Waals surface area contributed by atoms with Crippen molar-refractivity contribution in [3.05, 3.63) is 36.8 Å². The smallest absolute Gasteiger partial charge is 0.228 e. The fraction of sp³-hybridized carbons (Fsp3) is 0.350. The fourth-order valence-electron chi connectivity index (χ4n) is 3.80. The summed E-state index contributed by atoms with van der Waals surface area (Å²) in [6.07, 6.45) is 6.42. The van der Waals surface area contributed by atoms with E-state index < -0.39 is 0 Å². The van der Waals surface area contributed by atoms with Gasteiger partial charge in [0.1, 0.15) is 11.8 Å². The number of aromatic nitrogens is 5. The normalized spacial score (nSPS) is 19.7. The summed E-state index contributed by atoms with van der Waals surface area (Å²) < 4.78 is 18.5. The quantitative estimate of drug-likeness (QED) is 0.537. The Hall–Kier alpha value is -3.17. The first-order chi connectivity index (χ1) is 14.3. The van der Waals surface area contributed by atoms with Crippen LogP contribution in [-0.4, -0.2) is 64.1 Å². The van der Waals surface area contributed by atoms with E-state index in [0.29, 0.717) is 30.7 Å². The van der Waals surface area contributed by atoms with Crippen molar-refractivity contribution < 1.29 is 14.2 Å². The molecule has 2 N–H and O–H groups in total. The molecule has 0 spiro atoms. The molecule has 9 heteroatoms. The number of hydrogen-bond acceptors (Lipinski definition) is 7.